The van der Waals surface area contributed by atoms with Gasteiger partial charge in [-0.15, -0.1) is 0 Å². The Kier molecular flexibility index (Phi) is 11.4. The van der Waals surface area contributed by atoms with Crippen LogP contribution in [0.4, 0.5) is 0 Å². The lowest BCUT2D eigenvalue weighted by molar-refractivity contribution is -0.143. The second-order valence-electron chi connectivity index (χ2n) is 9.92. The number of amides is 3. The zero-order valence-electron chi connectivity index (χ0n) is 22.1. The first-order valence-corrected chi connectivity index (χ1v) is 13.5. The Morgan fingerprint density at radius 3 is 2.10 bits per heavy atom. The molecule has 1 aliphatic heterocycles. The average molecular weight is 538 g/mol. The molecule has 2 aromatic rings. The van der Waals surface area contributed by atoms with E-state index >= 15 is 0 Å². The quantitative estimate of drug-likeness (QED) is 0.224. The van der Waals surface area contributed by atoms with E-state index in [0.717, 1.165) is 11.1 Å². The molecule has 1 aliphatic rings. The van der Waals surface area contributed by atoms with Gasteiger partial charge < -0.3 is 32.1 Å². The highest BCUT2D eigenvalue weighted by Crippen LogP contribution is 2.20. The Hall–Kier alpha value is -3.76. The predicted octanol–water partition coefficient (Wildman–Crippen LogP) is 0.973. The van der Waals surface area contributed by atoms with Crippen LogP contribution in [0.1, 0.15) is 43.2 Å². The molecule has 1 heterocycles. The Balaban J connectivity index is 1.66. The molecule has 39 heavy (non-hydrogen) atoms. The molecule has 210 valence electrons. The van der Waals surface area contributed by atoms with E-state index in [1.165, 1.54) is 4.90 Å². The van der Waals surface area contributed by atoms with Gasteiger partial charge in [0.05, 0.1) is 6.04 Å². The number of hydrogen-bond acceptors (Lipinski definition) is 6. The van der Waals surface area contributed by atoms with E-state index in [0.29, 0.717) is 51.6 Å². The Labute approximate surface area is 229 Å². The van der Waals surface area contributed by atoms with Crippen LogP contribution in [0.15, 0.2) is 60.7 Å². The van der Waals surface area contributed by atoms with Crippen LogP contribution >= 0.6 is 0 Å². The molecule has 1 saturated heterocycles. The summed E-state index contributed by atoms with van der Waals surface area (Å²) in [5.74, 6) is -2.51. The van der Waals surface area contributed by atoms with Crippen LogP contribution in [0, 0.1) is 0 Å². The summed E-state index contributed by atoms with van der Waals surface area (Å²) in [6.45, 7) is 0.833. The van der Waals surface area contributed by atoms with Gasteiger partial charge in [-0.05, 0) is 56.2 Å². The van der Waals surface area contributed by atoms with Crippen LogP contribution in [-0.2, 0) is 32.0 Å². The standard InChI is InChI=1S/C29H39N5O5/c30-16-8-7-14-23(26(35)33-24(29(38)39)19-21-12-5-2-6-13-21)32-27(36)25-15-9-17-34(25)28(37)22(31)18-20-10-3-1-4-11-20/h1-6,10-13,22-25H,7-9,14-19,30-31H2,(H,32,36)(H,33,35)(H,38,39). The van der Waals surface area contributed by atoms with Crippen molar-refractivity contribution in [1.82, 2.24) is 15.5 Å². The number of rotatable bonds is 14. The lowest BCUT2D eigenvalue weighted by Crippen LogP contribution is -2.57. The van der Waals surface area contributed by atoms with Gasteiger partial charge in [0.2, 0.25) is 17.7 Å². The van der Waals surface area contributed by atoms with Crippen molar-refractivity contribution in [1.29, 1.82) is 0 Å². The first-order chi connectivity index (χ1) is 18.8. The zero-order valence-corrected chi connectivity index (χ0v) is 22.1. The van der Waals surface area contributed by atoms with Gasteiger partial charge in [0.1, 0.15) is 18.1 Å². The summed E-state index contributed by atoms with van der Waals surface area (Å²) >= 11 is 0. The van der Waals surface area contributed by atoms with Crippen LogP contribution < -0.4 is 22.1 Å². The molecular weight excluding hydrogens is 498 g/mol. The largest absolute Gasteiger partial charge is 0.480 e. The van der Waals surface area contributed by atoms with Crippen LogP contribution in [-0.4, -0.2) is 71.0 Å². The molecule has 0 bridgehead atoms. The Morgan fingerprint density at radius 2 is 1.51 bits per heavy atom. The number of nitrogens with zero attached hydrogens (tertiary/aromatic N) is 1. The third-order valence-corrected chi connectivity index (χ3v) is 6.93. The maximum Gasteiger partial charge on any atom is 0.326 e. The molecule has 7 N–H and O–H groups in total. The highest BCUT2D eigenvalue weighted by atomic mass is 16.4. The van der Waals surface area contributed by atoms with Crippen molar-refractivity contribution < 1.29 is 24.3 Å². The monoisotopic (exact) mass is 537 g/mol. The smallest absolute Gasteiger partial charge is 0.326 e. The Bertz CT molecular complexity index is 1100. The number of carbonyl (C=O) groups is 4. The molecule has 0 spiro atoms. The fourth-order valence-electron chi connectivity index (χ4n) is 4.82. The summed E-state index contributed by atoms with van der Waals surface area (Å²) in [6, 6.07) is 14.8. The summed E-state index contributed by atoms with van der Waals surface area (Å²) in [4.78, 5) is 53.1. The van der Waals surface area contributed by atoms with Crippen molar-refractivity contribution in [2.45, 2.75) is 69.1 Å². The summed E-state index contributed by atoms with van der Waals surface area (Å²) in [5, 5.41) is 15.1. The topological polar surface area (TPSA) is 168 Å². The van der Waals surface area contributed by atoms with Gasteiger partial charge in [0.25, 0.3) is 0 Å². The zero-order chi connectivity index (χ0) is 28.2. The molecule has 0 aliphatic carbocycles. The maximum absolute atomic E-state index is 13.3. The number of carboxylic acids is 1. The molecule has 4 atom stereocenters. The van der Waals surface area contributed by atoms with Crippen LogP contribution in [0.5, 0.6) is 0 Å². The van der Waals surface area contributed by atoms with E-state index in [4.69, 9.17) is 11.5 Å². The predicted molar refractivity (Wildman–Crippen MR) is 147 cm³/mol. The molecule has 10 nitrogen and oxygen atoms in total. The highest BCUT2D eigenvalue weighted by molar-refractivity contribution is 5.94. The van der Waals surface area contributed by atoms with E-state index < -0.39 is 42.0 Å². The number of carboxylic acid groups (broad SMARTS) is 1. The average Bonchev–Trinajstić information content (AvgIpc) is 3.43. The van der Waals surface area contributed by atoms with Gasteiger partial charge in [-0.3, -0.25) is 14.4 Å². The summed E-state index contributed by atoms with van der Waals surface area (Å²) in [7, 11) is 0. The maximum atomic E-state index is 13.3. The fourth-order valence-corrected chi connectivity index (χ4v) is 4.82. The van der Waals surface area contributed by atoms with E-state index in [-0.39, 0.29) is 12.3 Å². The highest BCUT2D eigenvalue weighted by Gasteiger charge is 2.38. The first-order valence-electron chi connectivity index (χ1n) is 13.5. The number of benzene rings is 2. The van der Waals surface area contributed by atoms with Gasteiger partial charge >= 0.3 is 5.97 Å². The van der Waals surface area contributed by atoms with E-state index in [1.54, 1.807) is 24.3 Å². The molecule has 0 aromatic heterocycles. The van der Waals surface area contributed by atoms with E-state index in [1.807, 2.05) is 36.4 Å². The number of likely N-dealkylation sites (tertiary alicyclic amines) is 1. The van der Waals surface area contributed by atoms with Crippen molar-refractivity contribution in [3.8, 4) is 0 Å². The van der Waals surface area contributed by atoms with Crippen LogP contribution in [0.3, 0.4) is 0 Å². The minimum absolute atomic E-state index is 0.107. The number of hydrogen-bond donors (Lipinski definition) is 5. The van der Waals surface area contributed by atoms with Gasteiger partial charge in [-0.1, -0.05) is 60.7 Å². The van der Waals surface area contributed by atoms with Crippen molar-refractivity contribution in [3.05, 3.63) is 71.8 Å². The van der Waals surface area contributed by atoms with Crippen molar-refractivity contribution in [2.24, 2.45) is 11.5 Å². The molecular formula is C29H39N5O5. The summed E-state index contributed by atoms with van der Waals surface area (Å²) < 4.78 is 0. The molecule has 0 radical (unpaired) electrons. The Morgan fingerprint density at radius 1 is 0.897 bits per heavy atom. The summed E-state index contributed by atoms with van der Waals surface area (Å²) in [6.07, 6.45) is 3.07. The van der Waals surface area contributed by atoms with E-state index in [2.05, 4.69) is 10.6 Å². The number of nitrogens with two attached hydrogens (primary N) is 2. The number of carbonyl (C=O) groups excluding carboxylic acids is 3. The number of unbranched alkanes of at least 4 members (excludes halogenated alkanes) is 1. The number of aliphatic carboxylic acids is 1. The lowest BCUT2D eigenvalue weighted by Gasteiger charge is -2.29. The first kappa shape index (κ1) is 29.8. The van der Waals surface area contributed by atoms with Gasteiger partial charge in [-0.2, -0.15) is 0 Å². The third kappa shape index (κ3) is 8.90. The molecule has 4 unspecified atom stereocenters. The second kappa shape index (κ2) is 15.0. The molecule has 1 fully saturated rings. The van der Waals surface area contributed by atoms with Gasteiger partial charge in [0, 0.05) is 13.0 Å². The van der Waals surface area contributed by atoms with Crippen LogP contribution in [0.2, 0.25) is 0 Å². The summed E-state index contributed by atoms with van der Waals surface area (Å²) in [5.41, 5.74) is 13.5. The molecule has 2 aromatic carbocycles. The second-order valence-corrected chi connectivity index (χ2v) is 9.92. The van der Waals surface area contributed by atoms with Crippen molar-refractivity contribution >= 4 is 23.7 Å². The van der Waals surface area contributed by atoms with Gasteiger partial charge in [-0.25, -0.2) is 4.79 Å². The van der Waals surface area contributed by atoms with E-state index in [9.17, 15) is 24.3 Å². The minimum Gasteiger partial charge on any atom is -0.480 e. The normalized spacial score (nSPS) is 17.2. The van der Waals surface area contributed by atoms with Crippen molar-refractivity contribution in [2.75, 3.05) is 13.1 Å². The number of nitrogens with one attached hydrogen (secondary N) is 2. The van der Waals surface area contributed by atoms with Crippen molar-refractivity contribution in [3.63, 3.8) is 0 Å². The molecule has 3 amide bonds. The van der Waals surface area contributed by atoms with Crippen LogP contribution in [0.25, 0.3) is 0 Å². The third-order valence-electron chi connectivity index (χ3n) is 6.93. The SMILES string of the molecule is NCCCCC(NC(=O)C1CCCN1C(=O)C(N)Cc1ccccc1)C(=O)NC(Cc1ccccc1)C(=O)O. The molecule has 3 rings (SSSR count). The lowest BCUT2D eigenvalue weighted by atomic mass is 10.0. The van der Waals surface area contributed by atoms with Gasteiger partial charge in [0.15, 0.2) is 0 Å². The minimum atomic E-state index is -1.17. The molecule has 10 heteroatoms. The fraction of sp³-hybridized carbons (Fsp3) is 0.448. The molecule has 0 saturated carbocycles.